The molecule has 0 aliphatic rings. The monoisotopic (exact) mass is 326 g/mol. The van der Waals surface area contributed by atoms with Crippen molar-refractivity contribution in [3.05, 3.63) is 64.2 Å². The van der Waals surface area contributed by atoms with Gasteiger partial charge in [-0.25, -0.2) is 17.6 Å². The Balaban J connectivity index is 2.40. The highest BCUT2D eigenvalue weighted by molar-refractivity contribution is 6.30. The Hall–Kier alpha value is -1.89. The van der Waals surface area contributed by atoms with Crippen molar-refractivity contribution >= 4 is 11.6 Å². The van der Waals surface area contributed by atoms with Crippen LogP contribution in [-0.4, -0.2) is 0 Å². The van der Waals surface area contributed by atoms with E-state index in [1.54, 1.807) is 0 Å². The topological polar surface area (TPSA) is 9.23 Å². The van der Waals surface area contributed by atoms with Gasteiger partial charge in [0.25, 0.3) is 0 Å². The van der Waals surface area contributed by atoms with Gasteiger partial charge >= 0.3 is 6.11 Å². The van der Waals surface area contributed by atoms with Crippen molar-refractivity contribution in [3.8, 4) is 5.75 Å². The van der Waals surface area contributed by atoms with Crippen molar-refractivity contribution < 1.29 is 31.1 Å². The average Bonchev–Trinajstić information content (AvgIpc) is 2.31. The fourth-order valence-electron chi connectivity index (χ4n) is 1.56. The molecule has 0 N–H and O–H groups in total. The minimum Gasteiger partial charge on any atom is -0.429 e. The fraction of sp³-hybridized carbons (Fsp3) is 0.0769. The third-order valence-electron chi connectivity index (χ3n) is 2.44. The van der Waals surface area contributed by atoms with Gasteiger partial charge in [0.1, 0.15) is 22.9 Å². The van der Waals surface area contributed by atoms with Crippen LogP contribution in [0, 0.1) is 23.3 Å². The first-order chi connectivity index (χ1) is 9.70. The maximum Gasteiger partial charge on any atom is 0.432 e. The quantitative estimate of drug-likeness (QED) is 0.719. The van der Waals surface area contributed by atoms with E-state index < -0.39 is 45.7 Å². The molecule has 2 aromatic carbocycles. The second-order valence-corrected chi connectivity index (χ2v) is 4.38. The second-order valence-electron chi connectivity index (χ2n) is 3.94. The van der Waals surface area contributed by atoms with E-state index in [1.807, 2.05) is 0 Å². The molecule has 21 heavy (non-hydrogen) atoms. The Morgan fingerprint density at radius 1 is 0.810 bits per heavy atom. The van der Waals surface area contributed by atoms with Gasteiger partial charge in [0.15, 0.2) is 11.6 Å². The van der Waals surface area contributed by atoms with Crippen LogP contribution in [0.15, 0.2) is 30.3 Å². The maximum absolute atomic E-state index is 13.8. The highest BCUT2D eigenvalue weighted by Gasteiger charge is 2.41. The van der Waals surface area contributed by atoms with E-state index in [2.05, 4.69) is 4.74 Å². The molecule has 2 aromatic rings. The van der Waals surface area contributed by atoms with Crippen molar-refractivity contribution in [1.29, 1.82) is 0 Å². The van der Waals surface area contributed by atoms with Gasteiger partial charge in [-0.2, -0.15) is 8.78 Å². The third kappa shape index (κ3) is 3.24. The summed E-state index contributed by atoms with van der Waals surface area (Å²) in [5.74, 6) is -6.79. The first-order valence-corrected chi connectivity index (χ1v) is 5.75. The SMILES string of the molecule is Fc1ccc(OC(F)(F)c2c(F)cc(Cl)cc2F)cc1F. The van der Waals surface area contributed by atoms with Crippen molar-refractivity contribution in [2.24, 2.45) is 0 Å². The average molecular weight is 327 g/mol. The molecule has 0 radical (unpaired) electrons. The minimum atomic E-state index is -4.44. The van der Waals surface area contributed by atoms with Crippen molar-refractivity contribution in [1.82, 2.24) is 0 Å². The van der Waals surface area contributed by atoms with Crippen LogP contribution in [-0.2, 0) is 6.11 Å². The Bertz CT molecular complexity index is 665. The van der Waals surface area contributed by atoms with Crippen molar-refractivity contribution in [3.63, 3.8) is 0 Å². The zero-order valence-electron chi connectivity index (χ0n) is 9.94. The van der Waals surface area contributed by atoms with Gasteiger partial charge in [0.05, 0.1) is 0 Å². The molecule has 0 saturated carbocycles. The molecule has 0 aromatic heterocycles. The van der Waals surface area contributed by atoms with Gasteiger partial charge < -0.3 is 4.74 Å². The van der Waals surface area contributed by atoms with Crippen LogP contribution in [0.2, 0.25) is 5.02 Å². The summed E-state index contributed by atoms with van der Waals surface area (Å²) in [6, 6.07) is 2.51. The van der Waals surface area contributed by atoms with Crippen LogP contribution in [0.5, 0.6) is 5.75 Å². The summed E-state index contributed by atoms with van der Waals surface area (Å²) < 4.78 is 84.0. The van der Waals surface area contributed by atoms with E-state index in [9.17, 15) is 26.3 Å². The predicted molar refractivity (Wildman–Crippen MR) is 62.2 cm³/mol. The molecule has 0 heterocycles. The molecule has 0 amide bonds. The Morgan fingerprint density at radius 2 is 1.38 bits per heavy atom. The number of benzene rings is 2. The molecule has 112 valence electrons. The van der Waals surface area contributed by atoms with E-state index >= 15 is 0 Å². The van der Waals surface area contributed by atoms with Gasteiger partial charge in [-0.05, 0) is 24.3 Å². The normalized spacial score (nSPS) is 11.6. The molecule has 1 nitrogen and oxygen atoms in total. The lowest BCUT2D eigenvalue weighted by molar-refractivity contribution is -0.189. The van der Waals surface area contributed by atoms with Gasteiger partial charge in [-0.3, -0.25) is 0 Å². The Kier molecular flexibility index (Phi) is 4.04. The molecular weight excluding hydrogens is 322 g/mol. The maximum atomic E-state index is 13.8. The van der Waals surface area contributed by atoms with Gasteiger partial charge in [0.2, 0.25) is 0 Å². The third-order valence-corrected chi connectivity index (χ3v) is 2.65. The number of alkyl halides is 2. The Labute approximate surface area is 119 Å². The molecule has 0 saturated heterocycles. The van der Waals surface area contributed by atoms with E-state index in [0.29, 0.717) is 30.3 Å². The summed E-state index contributed by atoms with van der Waals surface area (Å²) in [5, 5.41) is -0.419. The highest BCUT2D eigenvalue weighted by Crippen LogP contribution is 2.36. The van der Waals surface area contributed by atoms with E-state index in [-0.39, 0.29) is 0 Å². The first kappa shape index (κ1) is 15.5. The minimum absolute atomic E-state index is 0.328. The number of halogens is 7. The van der Waals surface area contributed by atoms with E-state index in [4.69, 9.17) is 11.6 Å². The van der Waals surface area contributed by atoms with Gasteiger partial charge in [0, 0.05) is 11.1 Å². The first-order valence-electron chi connectivity index (χ1n) is 5.37. The molecule has 0 spiro atoms. The second kappa shape index (κ2) is 5.48. The fourth-order valence-corrected chi connectivity index (χ4v) is 1.75. The molecule has 0 atom stereocenters. The van der Waals surface area contributed by atoms with Crippen molar-refractivity contribution in [2.75, 3.05) is 0 Å². The zero-order valence-corrected chi connectivity index (χ0v) is 10.7. The largest absolute Gasteiger partial charge is 0.432 e. The van der Waals surface area contributed by atoms with Crippen molar-refractivity contribution in [2.45, 2.75) is 6.11 Å². The summed E-state index contributed by atoms with van der Waals surface area (Å²) in [6.45, 7) is 0. The van der Waals surface area contributed by atoms with Gasteiger partial charge in [-0.1, -0.05) is 11.6 Å². The lowest BCUT2D eigenvalue weighted by atomic mass is 10.2. The van der Waals surface area contributed by atoms with Crippen LogP contribution in [0.3, 0.4) is 0 Å². The zero-order chi connectivity index (χ0) is 15.8. The number of hydrogen-bond donors (Lipinski definition) is 0. The molecular formula is C13H5ClF6O. The molecule has 0 aliphatic heterocycles. The standard InChI is InChI=1S/C13H5ClF6O/c14-6-3-10(17)12(11(18)4-6)13(19,20)21-7-1-2-8(15)9(16)5-7/h1-5H. The smallest absolute Gasteiger partial charge is 0.429 e. The van der Waals surface area contributed by atoms with Crippen LogP contribution < -0.4 is 4.74 Å². The summed E-state index contributed by atoms with van der Waals surface area (Å²) >= 11 is 5.31. The predicted octanol–water partition coefficient (Wildman–Crippen LogP) is 5.02. The van der Waals surface area contributed by atoms with E-state index in [0.717, 1.165) is 0 Å². The molecule has 0 aliphatic carbocycles. The molecule has 2 rings (SSSR count). The number of ether oxygens (including phenoxy) is 1. The molecule has 0 fully saturated rings. The summed E-state index contributed by atoms with van der Waals surface area (Å²) in [5.41, 5.74) is -1.68. The summed E-state index contributed by atoms with van der Waals surface area (Å²) in [7, 11) is 0. The lowest BCUT2D eigenvalue weighted by Crippen LogP contribution is -2.25. The van der Waals surface area contributed by atoms with Gasteiger partial charge in [-0.15, -0.1) is 0 Å². The number of hydrogen-bond acceptors (Lipinski definition) is 1. The summed E-state index contributed by atoms with van der Waals surface area (Å²) in [4.78, 5) is 0. The van der Waals surface area contributed by atoms with Crippen LogP contribution in [0.4, 0.5) is 26.3 Å². The molecule has 0 bridgehead atoms. The lowest BCUT2D eigenvalue weighted by Gasteiger charge is -2.19. The molecule has 0 unspecified atom stereocenters. The van der Waals surface area contributed by atoms with Crippen LogP contribution >= 0.6 is 11.6 Å². The highest BCUT2D eigenvalue weighted by atomic mass is 35.5. The Morgan fingerprint density at radius 3 is 1.90 bits per heavy atom. The number of rotatable bonds is 3. The van der Waals surface area contributed by atoms with E-state index in [1.165, 1.54) is 0 Å². The molecule has 8 heteroatoms. The van der Waals surface area contributed by atoms with Crippen LogP contribution in [0.25, 0.3) is 0 Å². The van der Waals surface area contributed by atoms with Crippen LogP contribution in [0.1, 0.15) is 5.56 Å². The summed E-state index contributed by atoms with van der Waals surface area (Å²) in [6.07, 6.45) is -4.44.